The van der Waals surface area contributed by atoms with Crippen LogP contribution in [0.2, 0.25) is 5.02 Å². The maximum Gasteiger partial charge on any atom is 0.242 e. The molecule has 0 aliphatic carbocycles. The van der Waals surface area contributed by atoms with Crippen molar-refractivity contribution in [2.24, 2.45) is 5.92 Å². The van der Waals surface area contributed by atoms with Gasteiger partial charge in [-0.15, -0.1) is 0 Å². The lowest BCUT2D eigenvalue weighted by Gasteiger charge is -2.35. The van der Waals surface area contributed by atoms with E-state index in [9.17, 15) is 9.59 Å². The largest absolute Gasteiger partial charge is 0.379 e. The molecule has 1 aliphatic heterocycles. The summed E-state index contributed by atoms with van der Waals surface area (Å²) in [7, 11) is 0. The highest BCUT2D eigenvalue weighted by atomic mass is 35.5. The molecule has 0 bridgehead atoms. The molecule has 0 radical (unpaired) electrons. The summed E-state index contributed by atoms with van der Waals surface area (Å²) in [5.74, 6) is -0.392. The van der Waals surface area contributed by atoms with Crippen LogP contribution in [0.15, 0.2) is 24.3 Å². The van der Waals surface area contributed by atoms with Gasteiger partial charge in [0.25, 0.3) is 0 Å². The number of carbonyl (C=O) groups excluding carboxylic acids is 2. The van der Waals surface area contributed by atoms with E-state index in [1.165, 1.54) is 6.92 Å². The maximum absolute atomic E-state index is 12.6. The number of nitrogens with one attached hydrogen (secondary N) is 2. The van der Waals surface area contributed by atoms with Gasteiger partial charge in [0.05, 0.1) is 19.3 Å². The second-order valence-electron chi connectivity index (χ2n) is 6.85. The topological polar surface area (TPSA) is 70.7 Å². The van der Waals surface area contributed by atoms with Crippen molar-refractivity contribution in [3.05, 3.63) is 34.9 Å². The van der Waals surface area contributed by atoms with E-state index in [1.54, 1.807) is 0 Å². The Labute approximate surface area is 160 Å². The summed E-state index contributed by atoms with van der Waals surface area (Å²) in [6.45, 7) is 8.55. The second-order valence-corrected chi connectivity index (χ2v) is 7.26. The Kier molecular flexibility index (Phi) is 7.87. The third-order valence-electron chi connectivity index (χ3n) is 4.53. The first-order valence-corrected chi connectivity index (χ1v) is 9.39. The Hall–Kier alpha value is -1.63. The molecular weight excluding hydrogens is 354 g/mol. The standard InChI is InChI=1S/C19H28ClN3O3/c1-13(2)18(22-14(3)24)19(25)21-12-17(23-8-10-26-11-9-23)15-6-4-5-7-16(15)20/h4-7,13,17-18H,8-12H2,1-3H3,(H,21,25)(H,22,24). The molecular formula is C19H28ClN3O3. The van der Waals surface area contributed by atoms with Gasteiger partial charge in [-0.1, -0.05) is 43.6 Å². The normalized spacial score (nSPS) is 17.6. The Morgan fingerprint density at radius 1 is 1.23 bits per heavy atom. The van der Waals surface area contributed by atoms with Crippen LogP contribution in [0, 0.1) is 5.92 Å². The van der Waals surface area contributed by atoms with Crippen LogP contribution in [0.5, 0.6) is 0 Å². The quantitative estimate of drug-likeness (QED) is 0.757. The van der Waals surface area contributed by atoms with E-state index in [-0.39, 0.29) is 23.8 Å². The molecule has 1 aromatic carbocycles. The van der Waals surface area contributed by atoms with Gasteiger partial charge < -0.3 is 15.4 Å². The zero-order valence-corrected chi connectivity index (χ0v) is 16.4. The molecule has 1 heterocycles. The third-order valence-corrected chi connectivity index (χ3v) is 4.87. The minimum absolute atomic E-state index is 0.000972. The van der Waals surface area contributed by atoms with Crippen molar-refractivity contribution in [3.8, 4) is 0 Å². The predicted molar refractivity (Wildman–Crippen MR) is 102 cm³/mol. The van der Waals surface area contributed by atoms with Crippen molar-refractivity contribution in [2.75, 3.05) is 32.8 Å². The maximum atomic E-state index is 12.6. The molecule has 26 heavy (non-hydrogen) atoms. The molecule has 1 aromatic rings. The van der Waals surface area contributed by atoms with Gasteiger partial charge in [-0.3, -0.25) is 14.5 Å². The smallest absolute Gasteiger partial charge is 0.242 e. The third kappa shape index (κ3) is 5.69. The number of morpholine rings is 1. The fourth-order valence-corrected chi connectivity index (χ4v) is 3.39. The zero-order valence-electron chi connectivity index (χ0n) is 15.6. The summed E-state index contributed by atoms with van der Waals surface area (Å²) in [6.07, 6.45) is 0. The van der Waals surface area contributed by atoms with Gasteiger partial charge in [0.1, 0.15) is 6.04 Å². The highest BCUT2D eigenvalue weighted by molar-refractivity contribution is 6.31. The van der Waals surface area contributed by atoms with E-state index >= 15 is 0 Å². The monoisotopic (exact) mass is 381 g/mol. The molecule has 7 heteroatoms. The minimum Gasteiger partial charge on any atom is -0.379 e. The highest BCUT2D eigenvalue weighted by Crippen LogP contribution is 2.27. The van der Waals surface area contributed by atoms with Gasteiger partial charge in [0.15, 0.2) is 0 Å². The zero-order chi connectivity index (χ0) is 19.1. The van der Waals surface area contributed by atoms with Crippen LogP contribution in [0.25, 0.3) is 0 Å². The summed E-state index contributed by atoms with van der Waals surface area (Å²) in [5, 5.41) is 6.40. The van der Waals surface area contributed by atoms with Crippen molar-refractivity contribution in [1.82, 2.24) is 15.5 Å². The van der Waals surface area contributed by atoms with Crippen molar-refractivity contribution in [2.45, 2.75) is 32.9 Å². The molecule has 2 N–H and O–H groups in total. The van der Waals surface area contributed by atoms with E-state index in [1.807, 2.05) is 38.1 Å². The van der Waals surface area contributed by atoms with Crippen molar-refractivity contribution in [3.63, 3.8) is 0 Å². The average molecular weight is 382 g/mol. The van der Waals surface area contributed by atoms with E-state index in [0.29, 0.717) is 24.8 Å². The fraction of sp³-hybridized carbons (Fsp3) is 0.579. The van der Waals surface area contributed by atoms with Crippen LogP contribution in [-0.2, 0) is 14.3 Å². The number of nitrogens with zero attached hydrogens (tertiary/aromatic N) is 1. The summed E-state index contributed by atoms with van der Waals surface area (Å²) in [4.78, 5) is 26.3. The minimum atomic E-state index is -0.552. The summed E-state index contributed by atoms with van der Waals surface area (Å²) in [5.41, 5.74) is 0.983. The summed E-state index contributed by atoms with van der Waals surface area (Å²) in [6, 6.07) is 7.10. The van der Waals surface area contributed by atoms with Crippen molar-refractivity contribution >= 4 is 23.4 Å². The number of hydrogen-bond donors (Lipinski definition) is 2. The van der Waals surface area contributed by atoms with Gasteiger partial charge >= 0.3 is 0 Å². The summed E-state index contributed by atoms with van der Waals surface area (Å²) < 4.78 is 5.45. The summed E-state index contributed by atoms with van der Waals surface area (Å²) >= 11 is 6.41. The van der Waals surface area contributed by atoms with Gasteiger partial charge in [0.2, 0.25) is 11.8 Å². The van der Waals surface area contributed by atoms with Gasteiger partial charge in [-0.25, -0.2) is 0 Å². The lowest BCUT2D eigenvalue weighted by Crippen LogP contribution is -2.51. The van der Waals surface area contributed by atoms with E-state index < -0.39 is 6.04 Å². The Balaban J connectivity index is 2.12. The number of halogens is 1. The lowest BCUT2D eigenvalue weighted by molar-refractivity contribution is -0.129. The molecule has 0 aromatic heterocycles. The predicted octanol–water partition coefficient (Wildman–Crippen LogP) is 1.99. The van der Waals surface area contributed by atoms with Crippen molar-refractivity contribution < 1.29 is 14.3 Å². The Morgan fingerprint density at radius 2 is 1.88 bits per heavy atom. The van der Waals surface area contributed by atoms with E-state index in [2.05, 4.69) is 15.5 Å². The molecule has 2 rings (SSSR count). The molecule has 2 amide bonds. The van der Waals surface area contributed by atoms with Crippen LogP contribution in [0.4, 0.5) is 0 Å². The SMILES string of the molecule is CC(=O)NC(C(=O)NCC(c1ccccc1Cl)N1CCOCC1)C(C)C. The van der Waals surface area contributed by atoms with Crippen LogP contribution < -0.4 is 10.6 Å². The molecule has 0 spiro atoms. The fourth-order valence-electron chi connectivity index (χ4n) is 3.13. The van der Waals surface area contributed by atoms with Crippen LogP contribution >= 0.6 is 11.6 Å². The number of benzene rings is 1. The van der Waals surface area contributed by atoms with Crippen LogP contribution in [0.3, 0.4) is 0 Å². The Bertz CT molecular complexity index is 618. The highest BCUT2D eigenvalue weighted by Gasteiger charge is 2.27. The molecule has 2 atom stereocenters. The van der Waals surface area contributed by atoms with Gasteiger partial charge in [-0.2, -0.15) is 0 Å². The molecule has 6 nitrogen and oxygen atoms in total. The lowest BCUT2D eigenvalue weighted by atomic mass is 10.0. The van der Waals surface area contributed by atoms with Crippen molar-refractivity contribution in [1.29, 1.82) is 0 Å². The first kappa shape index (κ1) is 20.7. The molecule has 1 aliphatic rings. The first-order valence-electron chi connectivity index (χ1n) is 9.01. The number of ether oxygens (including phenoxy) is 1. The molecule has 1 saturated heterocycles. The number of amides is 2. The second kappa shape index (κ2) is 9.90. The van der Waals surface area contributed by atoms with E-state index in [4.69, 9.17) is 16.3 Å². The number of rotatable bonds is 7. The average Bonchev–Trinajstić information content (AvgIpc) is 2.61. The number of hydrogen-bond acceptors (Lipinski definition) is 4. The molecule has 1 fully saturated rings. The first-order chi connectivity index (χ1) is 12.4. The molecule has 2 unspecified atom stereocenters. The van der Waals surface area contributed by atoms with E-state index in [0.717, 1.165) is 18.7 Å². The van der Waals surface area contributed by atoms with Crippen LogP contribution in [0.1, 0.15) is 32.4 Å². The van der Waals surface area contributed by atoms with Crippen LogP contribution in [-0.4, -0.2) is 55.6 Å². The van der Waals surface area contributed by atoms with Gasteiger partial charge in [-0.05, 0) is 17.5 Å². The molecule has 144 valence electrons. The Morgan fingerprint density at radius 3 is 2.46 bits per heavy atom. The number of carbonyl (C=O) groups is 2. The van der Waals surface area contributed by atoms with Gasteiger partial charge in [0, 0.05) is 31.6 Å². The molecule has 0 saturated carbocycles.